The summed E-state index contributed by atoms with van der Waals surface area (Å²) in [4.78, 5) is 11.0. The average molecular weight is 243 g/mol. The number of hydrogen-bond acceptors (Lipinski definition) is 3. The lowest BCUT2D eigenvalue weighted by Crippen LogP contribution is -2.17. The van der Waals surface area contributed by atoms with Gasteiger partial charge in [-0.05, 0) is 18.2 Å². The maximum Gasteiger partial charge on any atom is 0.339 e. The molecule has 1 aliphatic heterocycles. The molecule has 1 aromatic carbocycles. The van der Waals surface area contributed by atoms with Crippen LogP contribution in [-0.4, -0.2) is 30.4 Å². The summed E-state index contributed by atoms with van der Waals surface area (Å²) in [5.74, 6) is -0.721. The Kier molecular flexibility index (Phi) is 3.31. The molecule has 16 heavy (non-hydrogen) atoms. The van der Waals surface area contributed by atoms with E-state index in [1.807, 2.05) is 0 Å². The molecule has 0 saturated carbocycles. The summed E-state index contributed by atoms with van der Waals surface area (Å²) in [6, 6.07) is 4.49. The topological polar surface area (TPSA) is 55.8 Å². The predicted molar refractivity (Wildman–Crippen MR) is 58.3 cm³/mol. The maximum atomic E-state index is 11.0. The van der Waals surface area contributed by atoms with Crippen molar-refractivity contribution in [3.05, 3.63) is 28.8 Å². The van der Waals surface area contributed by atoms with Gasteiger partial charge in [-0.3, -0.25) is 0 Å². The maximum absolute atomic E-state index is 11.0. The largest absolute Gasteiger partial charge is 0.487 e. The highest BCUT2D eigenvalue weighted by molar-refractivity contribution is 6.30. The van der Waals surface area contributed by atoms with Gasteiger partial charge in [-0.1, -0.05) is 11.6 Å². The summed E-state index contributed by atoms with van der Waals surface area (Å²) in [5, 5.41) is 9.43. The van der Waals surface area contributed by atoms with Gasteiger partial charge in [0.15, 0.2) is 0 Å². The summed E-state index contributed by atoms with van der Waals surface area (Å²) in [5.41, 5.74) is 0.122. The van der Waals surface area contributed by atoms with Crippen LogP contribution in [0.2, 0.25) is 5.02 Å². The van der Waals surface area contributed by atoms with Gasteiger partial charge in [-0.25, -0.2) is 4.79 Å². The second-order valence-electron chi connectivity index (χ2n) is 3.55. The molecule has 0 aromatic heterocycles. The van der Waals surface area contributed by atoms with Crippen molar-refractivity contribution in [2.24, 2.45) is 0 Å². The Morgan fingerprint density at radius 2 is 2.38 bits per heavy atom. The second kappa shape index (κ2) is 4.72. The molecule has 0 aliphatic carbocycles. The van der Waals surface area contributed by atoms with Crippen molar-refractivity contribution in [2.45, 2.75) is 12.5 Å². The Balaban J connectivity index is 2.22. The van der Waals surface area contributed by atoms with Crippen LogP contribution in [0.3, 0.4) is 0 Å². The zero-order valence-electron chi connectivity index (χ0n) is 8.48. The van der Waals surface area contributed by atoms with Crippen LogP contribution in [-0.2, 0) is 4.74 Å². The number of ether oxygens (including phenoxy) is 2. The zero-order valence-corrected chi connectivity index (χ0v) is 9.24. The Labute approximate surface area is 97.7 Å². The smallest absolute Gasteiger partial charge is 0.339 e. The SMILES string of the molecule is O=C(O)c1ccc(Cl)cc1O[C@H]1CCOC1. The van der Waals surface area contributed by atoms with E-state index in [0.717, 1.165) is 6.42 Å². The molecule has 0 radical (unpaired) electrons. The van der Waals surface area contributed by atoms with E-state index >= 15 is 0 Å². The minimum Gasteiger partial charge on any atom is -0.487 e. The van der Waals surface area contributed by atoms with E-state index in [1.54, 1.807) is 0 Å². The van der Waals surface area contributed by atoms with Crippen molar-refractivity contribution in [2.75, 3.05) is 13.2 Å². The molecule has 0 spiro atoms. The second-order valence-corrected chi connectivity index (χ2v) is 3.99. The molecule has 1 atom stereocenters. The lowest BCUT2D eigenvalue weighted by molar-refractivity contribution is 0.0687. The normalized spacial score (nSPS) is 19.7. The first kappa shape index (κ1) is 11.2. The molecule has 0 amide bonds. The molecule has 4 nitrogen and oxygen atoms in total. The molecular formula is C11H11ClO4. The summed E-state index contributed by atoms with van der Waals surface area (Å²) in [7, 11) is 0. The Morgan fingerprint density at radius 3 is 3.00 bits per heavy atom. The molecule has 5 heteroatoms. The highest BCUT2D eigenvalue weighted by Crippen LogP contribution is 2.26. The highest BCUT2D eigenvalue weighted by Gasteiger charge is 2.20. The van der Waals surface area contributed by atoms with Gasteiger partial charge < -0.3 is 14.6 Å². The minimum atomic E-state index is -1.02. The number of hydrogen-bond donors (Lipinski definition) is 1. The lowest BCUT2D eigenvalue weighted by Gasteiger charge is -2.14. The van der Waals surface area contributed by atoms with E-state index in [0.29, 0.717) is 24.0 Å². The van der Waals surface area contributed by atoms with Gasteiger partial charge >= 0.3 is 5.97 Å². The number of rotatable bonds is 3. The fraction of sp³-hybridized carbons (Fsp3) is 0.364. The van der Waals surface area contributed by atoms with Gasteiger partial charge in [0, 0.05) is 11.4 Å². The van der Waals surface area contributed by atoms with Gasteiger partial charge in [0.1, 0.15) is 17.4 Å². The van der Waals surface area contributed by atoms with Crippen LogP contribution >= 0.6 is 11.6 Å². The summed E-state index contributed by atoms with van der Waals surface area (Å²) in [6.07, 6.45) is 0.683. The van der Waals surface area contributed by atoms with E-state index in [-0.39, 0.29) is 11.7 Å². The monoisotopic (exact) mass is 242 g/mol. The highest BCUT2D eigenvalue weighted by atomic mass is 35.5. The first-order chi connectivity index (χ1) is 7.66. The molecular weight excluding hydrogens is 232 g/mol. The quantitative estimate of drug-likeness (QED) is 0.883. The van der Waals surface area contributed by atoms with E-state index in [4.69, 9.17) is 26.2 Å². The van der Waals surface area contributed by atoms with E-state index in [9.17, 15) is 4.79 Å². The molecule has 2 rings (SSSR count). The number of aromatic carboxylic acids is 1. The molecule has 0 unspecified atom stereocenters. The van der Waals surface area contributed by atoms with Crippen LogP contribution in [0.5, 0.6) is 5.75 Å². The number of carboxylic acids is 1. The van der Waals surface area contributed by atoms with Gasteiger partial charge in [-0.15, -0.1) is 0 Å². The molecule has 1 heterocycles. The first-order valence-corrected chi connectivity index (χ1v) is 5.32. The minimum absolute atomic E-state index is 0.0865. The lowest BCUT2D eigenvalue weighted by atomic mass is 10.2. The molecule has 1 aromatic rings. The summed E-state index contributed by atoms with van der Waals surface area (Å²) in [6.45, 7) is 1.14. The fourth-order valence-electron chi connectivity index (χ4n) is 1.56. The molecule has 1 aliphatic rings. The number of halogens is 1. The van der Waals surface area contributed by atoms with Crippen LogP contribution in [0.15, 0.2) is 18.2 Å². The third-order valence-electron chi connectivity index (χ3n) is 2.36. The van der Waals surface area contributed by atoms with Crippen LogP contribution < -0.4 is 4.74 Å². The van der Waals surface area contributed by atoms with Crippen LogP contribution in [0.1, 0.15) is 16.8 Å². The number of carboxylic acid groups (broad SMARTS) is 1. The van der Waals surface area contributed by atoms with Crippen LogP contribution in [0.25, 0.3) is 0 Å². The van der Waals surface area contributed by atoms with Crippen molar-refractivity contribution < 1.29 is 19.4 Å². The van der Waals surface area contributed by atoms with Gasteiger partial charge in [0.25, 0.3) is 0 Å². The predicted octanol–water partition coefficient (Wildman–Crippen LogP) is 2.21. The third-order valence-corrected chi connectivity index (χ3v) is 2.59. The van der Waals surface area contributed by atoms with Gasteiger partial charge in [-0.2, -0.15) is 0 Å². The third kappa shape index (κ3) is 2.46. The number of carbonyl (C=O) groups is 1. The van der Waals surface area contributed by atoms with Gasteiger partial charge in [0.2, 0.25) is 0 Å². The molecule has 1 saturated heterocycles. The van der Waals surface area contributed by atoms with Gasteiger partial charge in [0.05, 0.1) is 13.2 Å². The van der Waals surface area contributed by atoms with Crippen molar-refractivity contribution in [3.63, 3.8) is 0 Å². The molecule has 1 N–H and O–H groups in total. The Morgan fingerprint density at radius 1 is 1.56 bits per heavy atom. The van der Waals surface area contributed by atoms with Crippen molar-refractivity contribution in [3.8, 4) is 5.75 Å². The first-order valence-electron chi connectivity index (χ1n) is 4.94. The molecule has 0 bridgehead atoms. The standard InChI is InChI=1S/C11H11ClO4/c12-7-1-2-9(11(13)14)10(5-7)16-8-3-4-15-6-8/h1-2,5,8H,3-4,6H2,(H,13,14)/t8-/m0/s1. The molecule has 86 valence electrons. The van der Waals surface area contributed by atoms with E-state index < -0.39 is 5.97 Å². The average Bonchev–Trinajstić information content (AvgIpc) is 2.70. The molecule has 1 fully saturated rings. The fourth-order valence-corrected chi connectivity index (χ4v) is 1.72. The van der Waals surface area contributed by atoms with Crippen molar-refractivity contribution in [1.82, 2.24) is 0 Å². The summed E-state index contributed by atoms with van der Waals surface area (Å²) < 4.78 is 10.7. The Bertz CT molecular complexity index is 399. The zero-order chi connectivity index (χ0) is 11.5. The Hall–Kier alpha value is -1.26. The van der Waals surface area contributed by atoms with Crippen LogP contribution in [0.4, 0.5) is 0 Å². The number of benzene rings is 1. The van der Waals surface area contributed by atoms with E-state index in [2.05, 4.69) is 0 Å². The van der Waals surface area contributed by atoms with E-state index in [1.165, 1.54) is 18.2 Å². The van der Waals surface area contributed by atoms with Crippen molar-refractivity contribution >= 4 is 17.6 Å². The van der Waals surface area contributed by atoms with Crippen molar-refractivity contribution in [1.29, 1.82) is 0 Å². The van der Waals surface area contributed by atoms with Crippen LogP contribution in [0, 0.1) is 0 Å². The summed E-state index contributed by atoms with van der Waals surface area (Å²) >= 11 is 5.80.